The fourth-order valence-corrected chi connectivity index (χ4v) is 1.17. The van der Waals surface area contributed by atoms with Gasteiger partial charge in [0, 0.05) is 20.8 Å². The van der Waals surface area contributed by atoms with Crippen molar-refractivity contribution >= 4 is 29.5 Å². The first-order chi connectivity index (χ1) is 8.06. The SMILES string of the molecule is C=CC(C)(Cl)C(OC(C)=O)(OC(C)=O)OC(C)=O. The van der Waals surface area contributed by atoms with Crippen molar-refractivity contribution in [2.24, 2.45) is 0 Å². The maximum atomic E-state index is 11.1. The summed E-state index contributed by atoms with van der Waals surface area (Å²) in [7, 11) is 0. The van der Waals surface area contributed by atoms with Crippen molar-refractivity contribution in [1.29, 1.82) is 0 Å². The van der Waals surface area contributed by atoms with Crippen molar-refractivity contribution in [3.63, 3.8) is 0 Å². The normalized spacial score (nSPS) is 14.1. The number of hydrogen-bond donors (Lipinski definition) is 0. The van der Waals surface area contributed by atoms with Gasteiger partial charge in [0.15, 0.2) is 4.87 Å². The number of carbonyl (C=O) groups excluding carboxylic acids is 3. The Labute approximate surface area is 110 Å². The molecule has 102 valence electrons. The van der Waals surface area contributed by atoms with E-state index in [0.29, 0.717) is 0 Å². The molecule has 7 heteroatoms. The third-order valence-corrected chi connectivity index (χ3v) is 2.20. The highest BCUT2D eigenvalue weighted by Crippen LogP contribution is 2.36. The average molecular weight is 279 g/mol. The van der Waals surface area contributed by atoms with Gasteiger partial charge in [0.2, 0.25) is 0 Å². The second-order valence-electron chi connectivity index (χ2n) is 3.62. The molecule has 0 aliphatic carbocycles. The molecule has 0 aromatic carbocycles. The monoisotopic (exact) mass is 278 g/mol. The summed E-state index contributed by atoms with van der Waals surface area (Å²) in [5.74, 6) is -4.91. The van der Waals surface area contributed by atoms with Crippen molar-refractivity contribution in [1.82, 2.24) is 0 Å². The molecule has 0 bridgehead atoms. The van der Waals surface area contributed by atoms with E-state index >= 15 is 0 Å². The molecule has 0 aliphatic heterocycles. The van der Waals surface area contributed by atoms with E-state index in [2.05, 4.69) is 6.58 Å². The standard InChI is InChI=1S/C11H15ClO6/c1-6-10(5,12)11(16-7(2)13,17-8(3)14)18-9(4)15/h6H,1H2,2-5H3. The van der Waals surface area contributed by atoms with Gasteiger partial charge in [-0.15, -0.1) is 18.2 Å². The van der Waals surface area contributed by atoms with E-state index < -0.39 is 28.8 Å². The number of rotatable bonds is 5. The lowest BCUT2D eigenvalue weighted by molar-refractivity contribution is -0.336. The Morgan fingerprint density at radius 1 is 1.00 bits per heavy atom. The molecule has 1 unspecified atom stereocenters. The van der Waals surface area contributed by atoms with Crippen LogP contribution in [0.1, 0.15) is 27.7 Å². The summed E-state index contributed by atoms with van der Waals surface area (Å²) in [6, 6.07) is 0. The molecular formula is C11H15ClO6. The Bertz CT molecular complexity index is 333. The van der Waals surface area contributed by atoms with Crippen LogP contribution in [-0.2, 0) is 28.6 Å². The largest absolute Gasteiger partial charge is 0.447 e. The van der Waals surface area contributed by atoms with Crippen LogP contribution in [0.5, 0.6) is 0 Å². The van der Waals surface area contributed by atoms with Crippen molar-refractivity contribution in [3.05, 3.63) is 12.7 Å². The molecule has 0 saturated carbocycles. The van der Waals surface area contributed by atoms with E-state index in [1.165, 1.54) is 6.92 Å². The molecule has 0 radical (unpaired) electrons. The van der Waals surface area contributed by atoms with Crippen LogP contribution in [0.15, 0.2) is 12.7 Å². The second kappa shape index (κ2) is 5.86. The van der Waals surface area contributed by atoms with Gasteiger partial charge in [0.25, 0.3) is 0 Å². The highest BCUT2D eigenvalue weighted by Gasteiger charge is 2.56. The van der Waals surface area contributed by atoms with E-state index in [4.69, 9.17) is 25.8 Å². The zero-order valence-corrected chi connectivity index (χ0v) is 11.4. The third-order valence-electron chi connectivity index (χ3n) is 1.82. The van der Waals surface area contributed by atoms with E-state index in [9.17, 15) is 14.4 Å². The predicted molar refractivity (Wildman–Crippen MR) is 62.5 cm³/mol. The summed E-state index contributed by atoms with van der Waals surface area (Å²) < 4.78 is 14.4. The Hall–Kier alpha value is -1.56. The minimum Gasteiger partial charge on any atom is -0.387 e. The van der Waals surface area contributed by atoms with Crippen LogP contribution in [-0.4, -0.2) is 28.8 Å². The lowest BCUT2D eigenvalue weighted by atomic mass is 10.1. The number of hydrogen-bond acceptors (Lipinski definition) is 6. The molecule has 0 heterocycles. The van der Waals surface area contributed by atoms with Gasteiger partial charge in [0.05, 0.1) is 0 Å². The summed E-state index contributed by atoms with van der Waals surface area (Å²) in [5, 5.41) is 0. The molecule has 0 aliphatic rings. The molecular weight excluding hydrogens is 264 g/mol. The second-order valence-corrected chi connectivity index (χ2v) is 4.40. The lowest BCUT2D eigenvalue weighted by Crippen LogP contribution is -2.56. The molecule has 0 spiro atoms. The zero-order chi connectivity index (χ0) is 14.6. The van der Waals surface area contributed by atoms with Crippen LogP contribution >= 0.6 is 11.6 Å². The van der Waals surface area contributed by atoms with Crippen LogP contribution in [0.2, 0.25) is 0 Å². The summed E-state index contributed by atoms with van der Waals surface area (Å²) in [6.45, 7) is 7.89. The molecule has 0 saturated heterocycles. The maximum Gasteiger partial charge on any atom is 0.447 e. The molecule has 0 rings (SSSR count). The Morgan fingerprint density at radius 3 is 1.44 bits per heavy atom. The molecule has 0 amide bonds. The van der Waals surface area contributed by atoms with Gasteiger partial charge in [0.1, 0.15) is 0 Å². The molecule has 6 nitrogen and oxygen atoms in total. The molecule has 0 N–H and O–H groups in total. The van der Waals surface area contributed by atoms with Crippen LogP contribution in [0.3, 0.4) is 0 Å². The first-order valence-corrected chi connectivity index (χ1v) is 5.35. The van der Waals surface area contributed by atoms with Crippen molar-refractivity contribution in [3.8, 4) is 0 Å². The van der Waals surface area contributed by atoms with Crippen molar-refractivity contribution < 1.29 is 28.6 Å². The first kappa shape index (κ1) is 16.4. The number of carbonyl (C=O) groups is 3. The number of esters is 3. The topological polar surface area (TPSA) is 78.9 Å². The molecule has 18 heavy (non-hydrogen) atoms. The van der Waals surface area contributed by atoms with Gasteiger partial charge < -0.3 is 14.2 Å². The van der Waals surface area contributed by atoms with Gasteiger partial charge in [-0.05, 0) is 6.92 Å². The Morgan fingerprint density at radius 2 is 1.28 bits per heavy atom. The van der Waals surface area contributed by atoms with Crippen LogP contribution in [0.25, 0.3) is 0 Å². The highest BCUT2D eigenvalue weighted by atomic mass is 35.5. The predicted octanol–water partition coefficient (Wildman–Crippen LogP) is 1.51. The van der Waals surface area contributed by atoms with Gasteiger partial charge in [-0.25, -0.2) is 0 Å². The maximum absolute atomic E-state index is 11.1. The Balaban J connectivity index is 5.66. The minimum atomic E-state index is -2.39. The third kappa shape index (κ3) is 4.03. The molecule has 0 fully saturated rings. The molecule has 0 aromatic heterocycles. The van der Waals surface area contributed by atoms with Crippen LogP contribution in [0, 0.1) is 0 Å². The van der Waals surface area contributed by atoms with E-state index in [0.717, 1.165) is 26.8 Å². The molecule has 1 atom stereocenters. The fraction of sp³-hybridized carbons (Fsp3) is 0.545. The number of ether oxygens (including phenoxy) is 3. The lowest BCUT2D eigenvalue weighted by Gasteiger charge is -2.38. The average Bonchev–Trinajstić information content (AvgIpc) is 2.13. The van der Waals surface area contributed by atoms with E-state index in [-0.39, 0.29) is 0 Å². The van der Waals surface area contributed by atoms with Gasteiger partial charge in [-0.2, -0.15) is 0 Å². The van der Waals surface area contributed by atoms with E-state index in [1.807, 2.05) is 0 Å². The van der Waals surface area contributed by atoms with Crippen molar-refractivity contribution in [2.75, 3.05) is 0 Å². The van der Waals surface area contributed by atoms with Crippen molar-refractivity contribution in [2.45, 2.75) is 38.5 Å². The summed E-state index contributed by atoms with van der Waals surface area (Å²) >= 11 is 6.03. The van der Waals surface area contributed by atoms with Crippen LogP contribution in [0.4, 0.5) is 0 Å². The molecule has 0 aromatic rings. The summed E-state index contributed by atoms with van der Waals surface area (Å²) in [6.07, 6.45) is 1.13. The number of halogens is 1. The smallest absolute Gasteiger partial charge is 0.387 e. The Kier molecular flexibility index (Phi) is 5.35. The summed E-state index contributed by atoms with van der Waals surface area (Å²) in [5.41, 5.74) is 0. The fourth-order valence-electron chi connectivity index (χ4n) is 1.05. The quantitative estimate of drug-likeness (QED) is 0.328. The minimum absolute atomic E-state index is 0.841. The van der Waals surface area contributed by atoms with Gasteiger partial charge in [-0.1, -0.05) is 6.08 Å². The van der Waals surface area contributed by atoms with Gasteiger partial charge in [-0.3, -0.25) is 14.4 Å². The summed E-state index contributed by atoms with van der Waals surface area (Å²) in [4.78, 5) is 31.6. The van der Waals surface area contributed by atoms with E-state index in [1.54, 1.807) is 0 Å². The van der Waals surface area contributed by atoms with Gasteiger partial charge >= 0.3 is 23.9 Å². The highest BCUT2D eigenvalue weighted by molar-refractivity contribution is 6.25. The zero-order valence-electron chi connectivity index (χ0n) is 10.6. The van der Waals surface area contributed by atoms with Crippen LogP contribution < -0.4 is 0 Å². The first-order valence-electron chi connectivity index (χ1n) is 4.97. The number of alkyl halides is 1.